The number of aromatic nitrogens is 3. The normalized spacial score (nSPS) is 19.4. The van der Waals surface area contributed by atoms with Gasteiger partial charge < -0.3 is 0 Å². The third kappa shape index (κ3) is 2.48. The fourth-order valence-electron chi connectivity index (χ4n) is 1.97. The monoisotopic (exact) mass is 222 g/mol. The van der Waals surface area contributed by atoms with E-state index in [1.54, 1.807) is 0 Å². The molecule has 3 nitrogen and oxygen atoms in total. The largest absolute Gasteiger partial charge is 0.250 e. The van der Waals surface area contributed by atoms with E-state index in [0.717, 1.165) is 0 Å². The van der Waals surface area contributed by atoms with Gasteiger partial charge in [0.05, 0.1) is 11.4 Å². The minimum absolute atomic E-state index is 0.590. The van der Waals surface area contributed by atoms with Gasteiger partial charge in [-0.2, -0.15) is 0 Å². The van der Waals surface area contributed by atoms with Gasteiger partial charge in [0.15, 0.2) is 0 Å². The highest BCUT2D eigenvalue weighted by atomic mass is 28.3. The molecule has 0 bridgehead atoms. The third-order valence-electron chi connectivity index (χ3n) is 3.06. The third-order valence-corrected chi connectivity index (χ3v) is 4.83. The zero-order chi connectivity index (χ0) is 10.9. The zero-order valence-electron chi connectivity index (χ0n) is 9.90. The summed E-state index contributed by atoms with van der Waals surface area (Å²) in [4.78, 5) is 0. The Bertz CT molecular complexity index is 321. The van der Waals surface area contributed by atoms with E-state index in [0.29, 0.717) is 6.04 Å². The van der Waals surface area contributed by atoms with E-state index in [-0.39, 0.29) is 0 Å². The van der Waals surface area contributed by atoms with Crippen LogP contribution in [0.4, 0.5) is 0 Å². The van der Waals surface area contributed by atoms with Crippen LogP contribution < -0.4 is 5.32 Å². The van der Waals surface area contributed by atoms with Crippen LogP contribution >= 0.6 is 0 Å². The first-order chi connectivity index (χ1) is 7.07. The Labute approximate surface area is 92.9 Å². The second kappa shape index (κ2) is 4.08. The highest BCUT2D eigenvalue weighted by Gasteiger charge is 2.23. The van der Waals surface area contributed by atoms with Crippen molar-refractivity contribution in [3.05, 3.63) is 12.6 Å². The van der Waals surface area contributed by atoms with Crippen molar-refractivity contribution in [2.75, 3.05) is 0 Å². The van der Waals surface area contributed by atoms with Gasteiger partial charge in [-0.05, 0) is 32.1 Å². The van der Waals surface area contributed by atoms with E-state index < -0.39 is 8.07 Å². The molecule has 1 saturated carbocycles. The molecule has 1 aromatic heterocycles. The summed E-state index contributed by atoms with van der Waals surface area (Å²) in [6, 6.07) is 0.590. The van der Waals surface area contributed by atoms with Crippen molar-refractivity contribution in [2.45, 2.75) is 51.4 Å². The van der Waals surface area contributed by atoms with Crippen molar-refractivity contribution >= 4 is 13.4 Å². The van der Waals surface area contributed by atoms with Crippen molar-refractivity contribution < 1.29 is 0 Å². The maximum Gasteiger partial charge on any atom is 0.106 e. The van der Waals surface area contributed by atoms with Gasteiger partial charge in [-0.25, -0.2) is 4.68 Å². The molecule has 4 heteroatoms. The van der Waals surface area contributed by atoms with Crippen molar-refractivity contribution in [2.24, 2.45) is 0 Å². The molecule has 0 N–H and O–H groups in total. The van der Waals surface area contributed by atoms with Crippen LogP contribution in [0.25, 0.3) is 0 Å². The Kier molecular flexibility index (Phi) is 2.95. The maximum atomic E-state index is 4.33. The Balaban J connectivity index is 2.12. The lowest BCUT2D eigenvalue weighted by atomic mass is 9.96. The highest BCUT2D eigenvalue weighted by Crippen LogP contribution is 2.26. The van der Waals surface area contributed by atoms with Crippen LogP contribution in [0, 0.1) is 6.42 Å². The molecule has 0 spiro atoms. The summed E-state index contributed by atoms with van der Waals surface area (Å²) in [5.41, 5.74) is 0. The predicted octanol–water partition coefficient (Wildman–Crippen LogP) is 2.14. The quantitative estimate of drug-likeness (QED) is 0.718. The molecule has 0 amide bonds. The number of nitrogens with zero attached hydrogens (tertiary/aromatic N) is 3. The summed E-state index contributed by atoms with van der Waals surface area (Å²) in [5.74, 6) is 0. The molecule has 0 atom stereocenters. The fourth-order valence-corrected chi connectivity index (χ4v) is 2.84. The molecule has 1 heterocycles. The molecular weight excluding hydrogens is 202 g/mol. The average molecular weight is 222 g/mol. The summed E-state index contributed by atoms with van der Waals surface area (Å²) in [6.07, 6.45) is 9.48. The van der Waals surface area contributed by atoms with Crippen LogP contribution in [0.15, 0.2) is 6.20 Å². The van der Waals surface area contributed by atoms with Crippen LogP contribution in [0.1, 0.15) is 31.7 Å². The number of rotatable bonds is 2. The number of hydrogen-bond donors (Lipinski definition) is 0. The molecule has 0 saturated heterocycles. The minimum atomic E-state index is -1.28. The average Bonchev–Trinajstić information content (AvgIpc) is 2.67. The van der Waals surface area contributed by atoms with Gasteiger partial charge in [0.2, 0.25) is 0 Å². The van der Waals surface area contributed by atoms with E-state index in [2.05, 4.69) is 47.3 Å². The summed E-state index contributed by atoms with van der Waals surface area (Å²) in [5, 5.41) is 9.85. The Hall–Kier alpha value is -0.643. The smallest absolute Gasteiger partial charge is 0.106 e. The maximum absolute atomic E-state index is 4.33. The topological polar surface area (TPSA) is 30.7 Å². The lowest BCUT2D eigenvalue weighted by Crippen LogP contribution is -2.38. The molecule has 15 heavy (non-hydrogen) atoms. The van der Waals surface area contributed by atoms with Crippen molar-refractivity contribution in [3.63, 3.8) is 0 Å². The fraction of sp³-hybridized carbons (Fsp3) is 0.727. The molecule has 1 radical (unpaired) electrons. The van der Waals surface area contributed by atoms with Crippen LogP contribution in [0.5, 0.6) is 0 Å². The molecule has 1 fully saturated rings. The highest BCUT2D eigenvalue weighted by molar-refractivity contribution is 6.88. The van der Waals surface area contributed by atoms with Gasteiger partial charge in [0.25, 0.3) is 0 Å². The first kappa shape index (κ1) is 10.9. The second-order valence-corrected chi connectivity index (χ2v) is 10.4. The molecule has 1 aromatic rings. The van der Waals surface area contributed by atoms with Crippen LogP contribution in [-0.2, 0) is 0 Å². The lowest BCUT2D eigenvalue weighted by molar-refractivity contribution is 0.358. The van der Waals surface area contributed by atoms with Gasteiger partial charge >= 0.3 is 0 Å². The molecular formula is C11H20N3Si. The summed E-state index contributed by atoms with van der Waals surface area (Å²) in [6.45, 7) is 6.95. The lowest BCUT2D eigenvalue weighted by Gasteiger charge is -2.21. The van der Waals surface area contributed by atoms with Gasteiger partial charge in [0.1, 0.15) is 8.07 Å². The summed E-state index contributed by atoms with van der Waals surface area (Å²) >= 11 is 0. The molecule has 0 unspecified atom stereocenters. The second-order valence-electron chi connectivity index (χ2n) is 5.43. The van der Waals surface area contributed by atoms with E-state index in [9.17, 15) is 0 Å². The van der Waals surface area contributed by atoms with Gasteiger partial charge in [-0.15, -0.1) is 5.10 Å². The Morgan fingerprint density at radius 3 is 2.47 bits per heavy atom. The van der Waals surface area contributed by atoms with Crippen LogP contribution in [0.3, 0.4) is 0 Å². The van der Waals surface area contributed by atoms with Crippen molar-refractivity contribution in [3.8, 4) is 0 Å². The first-order valence-corrected chi connectivity index (χ1v) is 9.31. The van der Waals surface area contributed by atoms with Crippen LogP contribution in [0.2, 0.25) is 19.6 Å². The first-order valence-electron chi connectivity index (χ1n) is 5.81. The Morgan fingerprint density at radius 1 is 1.27 bits per heavy atom. The zero-order valence-corrected chi connectivity index (χ0v) is 10.9. The summed E-state index contributed by atoms with van der Waals surface area (Å²) < 4.78 is 2.10. The molecule has 0 aromatic carbocycles. The molecule has 2 rings (SSSR count). The predicted molar refractivity (Wildman–Crippen MR) is 64.8 cm³/mol. The van der Waals surface area contributed by atoms with E-state index in [4.69, 9.17) is 0 Å². The van der Waals surface area contributed by atoms with E-state index >= 15 is 0 Å². The summed E-state index contributed by atoms with van der Waals surface area (Å²) in [7, 11) is -1.28. The number of hydrogen-bond acceptors (Lipinski definition) is 2. The Morgan fingerprint density at radius 2 is 1.93 bits per heavy atom. The van der Waals surface area contributed by atoms with Gasteiger partial charge in [0, 0.05) is 6.20 Å². The van der Waals surface area contributed by atoms with E-state index in [1.165, 1.54) is 31.0 Å². The van der Waals surface area contributed by atoms with Crippen molar-refractivity contribution in [1.82, 2.24) is 15.0 Å². The van der Waals surface area contributed by atoms with Gasteiger partial charge in [-0.3, -0.25) is 0 Å². The molecule has 1 aliphatic carbocycles. The van der Waals surface area contributed by atoms with Crippen molar-refractivity contribution in [1.29, 1.82) is 0 Å². The van der Waals surface area contributed by atoms with Gasteiger partial charge in [-0.1, -0.05) is 24.9 Å². The molecule has 83 valence electrons. The standard InChI is InChI=1S/C11H20N3Si/c1-15(2,3)11-9-14(13-12-11)10-7-5-4-6-8-10/h4,9-10H,5-8H2,1-3H3. The SMILES string of the molecule is C[Si](C)(C)c1cn(C2CC[CH]CC2)nn1. The van der Waals surface area contributed by atoms with E-state index in [1.807, 2.05) is 0 Å². The minimum Gasteiger partial charge on any atom is -0.250 e. The van der Waals surface area contributed by atoms with Crippen LogP contribution in [-0.4, -0.2) is 23.1 Å². The molecule has 0 aliphatic heterocycles. The molecule has 1 aliphatic rings.